The van der Waals surface area contributed by atoms with E-state index >= 15 is 0 Å². The van der Waals surface area contributed by atoms with Crippen LogP contribution in [0.15, 0.2) is 0 Å². The average molecular weight is 274 g/mol. The highest BCUT2D eigenvalue weighted by atomic mass is 28.4. The Bertz CT molecular complexity index is 309. The van der Waals surface area contributed by atoms with Crippen molar-refractivity contribution < 1.29 is 19.4 Å². The number of carboxylic acid groups (broad SMARTS) is 1. The van der Waals surface area contributed by atoms with E-state index in [0.717, 1.165) is 0 Å². The number of aliphatic hydroxyl groups is 1. The molecule has 18 heavy (non-hydrogen) atoms. The number of hydrogen-bond acceptors (Lipinski definition) is 3. The van der Waals surface area contributed by atoms with Gasteiger partial charge in [-0.15, -0.1) is 0 Å². The largest absolute Gasteiger partial charge is 0.481 e. The minimum atomic E-state index is -1.83. The van der Waals surface area contributed by atoms with Crippen molar-refractivity contribution in [1.29, 1.82) is 0 Å². The maximum Gasteiger partial charge on any atom is 0.303 e. The van der Waals surface area contributed by atoms with Crippen molar-refractivity contribution in [3.05, 3.63) is 0 Å². The second kappa shape index (κ2) is 5.31. The summed E-state index contributed by atoms with van der Waals surface area (Å²) in [6.45, 7) is 10.9. The first-order valence-corrected chi connectivity index (χ1v) is 9.51. The van der Waals surface area contributed by atoms with Crippen molar-refractivity contribution in [3.8, 4) is 0 Å². The number of aliphatic hydroxyl groups excluding tert-OH is 1. The van der Waals surface area contributed by atoms with Gasteiger partial charge < -0.3 is 14.6 Å². The van der Waals surface area contributed by atoms with E-state index in [4.69, 9.17) is 9.53 Å². The molecule has 0 radical (unpaired) electrons. The van der Waals surface area contributed by atoms with Crippen LogP contribution < -0.4 is 0 Å². The zero-order valence-electron chi connectivity index (χ0n) is 12.1. The van der Waals surface area contributed by atoms with Gasteiger partial charge in [0.15, 0.2) is 8.32 Å². The SMILES string of the molecule is CC(C)(C)[Si](C)(C)O[C@H]1C[C@@H](CC(=O)O)[C@@H](O)C1. The highest BCUT2D eigenvalue weighted by Crippen LogP contribution is 2.40. The Labute approximate surface area is 110 Å². The lowest BCUT2D eigenvalue weighted by Crippen LogP contribution is -2.43. The number of aliphatic carboxylic acids is 1. The molecular formula is C13H26O4Si. The normalized spacial score (nSPS) is 29.6. The Morgan fingerprint density at radius 3 is 2.33 bits per heavy atom. The Balaban J connectivity index is 2.59. The molecule has 106 valence electrons. The summed E-state index contributed by atoms with van der Waals surface area (Å²) in [6, 6.07) is 0. The van der Waals surface area contributed by atoms with E-state index in [1.54, 1.807) is 0 Å². The Morgan fingerprint density at radius 1 is 1.33 bits per heavy atom. The summed E-state index contributed by atoms with van der Waals surface area (Å²) in [7, 11) is -1.83. The molecule has 0 aliphatic heterocycles. The Hall–Kier alpha value is -0.393. The van der Waals surface area contributed by atoms with Crippen LogP contribution >= 0.6 is 0 Å². The van der Waals surface area contributed by atoms with Crippen molar-refractivity contribution in [3.63, 3.8) is 0 Å². The lowest BCUT2D eigenvalue weighted by molar-refractivity contribution is -0.138. The monoisotopic (exact) mass is 274 g/mol. The summed E-state index contributed by atoms with van der Waals surface area (Å²) in [5.41, 5.74) is 0. The van der Waals surface area contributed by atoms with Gasteiger partial charge in [-0.3, -0.25) is 4.79 Å². The van der Waals surface area contributed by atoms with Crippen LogP contribution in [0, 0.1) is 5.92 Å². The Morgan fingerprint density at radius 2 is 1.89 bits per heavy atom. The summed E-state index contributed by atoms with van der Waals surface area (Å²) < 4.78 is 6.23. The van der Waals surface area contributed by atoms with Crippen LogP contribution in [-0.2, 0) is 9.22 Å². The first-order chi connectivity index (χ1) is 8.03. The van der Waals surface area contributed by atoms with Crippen LogP contribution in [-0.4, -0.2) is 36.7 Å². The van der Waals surface area contributed by atoms with E-state index in [0.29, 0.717) is 12.8 Å². The first kappa shape index (κ1) is 15.7. The van der Waals surface area contributed by atoms with E-state index in [9.17, 15) is 9.90 Å². The summed E-state index contributed by atoms with van der Waals surface area (Å²) in [5, 5.41) is 18.8. The molecule has 0 bridgehead atoms. The van der Waals surface area contributed by atoms with Crippen LogP contribution in [0.4, 0.5) is 0 Å². The Kier molecular flexibility index (Phi) is 4.62. The lowest BCUT2D eigenvalue weighted by atomic mass is 10.0. The molecule has 0 aromatic rings. The summed E-state index contributed by atoms with van der Waals surface area (Å²) in [5.74, 6) is -0.996. The topological polar surface area (TPSA) is 66.8 Å². The summed E-state index contributed by atoms with van der Waals surface area (Å²) in [4.78, 5) is 10.7. The van der Waals surface area contributed by atoms with E-state index in [1.165, 1.54) is 0 Å². The molecule has 0 spiro atoms. The minimum absolute atomic E-state index is 0.0187. The predicted molar refractivity (Wildman–Crippen MR) is 73.1 cm³/mol. The number of rotatable bonds is 4. The molecule has 0 aromatic heterocycles. The zero-order chi connectivity index (χ0) is 14.1. The van der Waals surface area contributed by atoms with E-state index < -0.39 is 20.4 Å². The molecule has 1 aliphatic rings. The molecule has 2 N–H and O–H groups in total. The molecule has 1 aliphatic carbocycles. The van der Waals surface area contributed by atoms with Crippen LogP contribution in [0.3, 0.4) is 0 Å². The van der Waals surface area contributed by atoms with Crippen molar-refractivity contribution in [2.24, 2.45) is 5.92 Å². The maximum atomic E-state index is 10.7. The highest BCUT2D eigenvalue weighted by molar-refractivity contribution is 6.74. The van der Waals surface area contributed by atoms with Crippen LogP contribution in [0.5, 0.6) is 0 Å². The van der Waals surface area contributed by atoms with Gasteiger partial charge in [0.05, 0.1) is 12.5 Å². The zero-order valence-corrected chi connectivity index (χ0v) is 13.1. The molecule has 0 heterocycles. The van der Waals surface area contributed by atoms with Crippen LogP contribution in [0.25, 0.3) is 0 Å². The molecule has 0 unspecified atom stereocenters. The number of hydrogen-bond donors (Lipinski definition) is 2. The molecule has 4 nitrogen and oxygen atoms in total. The lowest BCUT2D eigenvalue weighted by Gasteiger charge is -2.38. The van der Waals surface area contributed by atoms with Gasteiger partial charge in [0.2, 0.25) is 0 Å². The minimum Gasteiger partial charge on any atom is -0.481 e. The van der Waals surface area contributed by atoms with E-state index in [-0.39, 0.29) is 23.5 Å². The predicted octanol–water partition coefficient (Wildman–Crippen LogP) is 2.62. The van der Waals surface area contributed by atoms with Crippen molar-refractivity contribution in [2.75, 3.05) is 0 Å². The van der Waals surface area contributed by atoms with Gasteiger partial charge in [0.1, 0.15) is 0 Å². The fraction of sp³-hybridized carbons (Fsp3) is 0.923. The second-order valence-electron chi connectivity index (χ2n) is 6.90. The third kappa shape index (κ3) is 3.80. The molecule has 1 fully saturated rings. The average Bonchev–Trinajstić information content (AvgIpc) is 2.42. The fourth-order valence-electron chi connectivity index (χ4n) is 2.19. The maximum absolute atomic E-state index is 10.7. The standard InChI is InChI=1S/C13H26O4Si/c1-13(2,3)18(4,5)17-10-6-9(7-12(15)16)11(14)8-10/h9-11,14H,6-8H2,1-5H3,(H,15,16)/t9-,10-,11-/m0/s1. The third-order valence-electron chi connectivity index (χ3n) is 4.32. The smallest absolute Gasteiger partial charge is 0.303 e. The first-order valence-electron chi connectivity index (χ1n) is 6.60. The van der Waals surface area contributed by atoms with Gasteiger partial charge in [-0.05, 0) is 36.9 Å². The quantitative estimate of drug-likeness (QED) is 0.773. The highest BCUT2D eigenvalue weighted by Gasteiger charge is 2.43. The van der Waals surface area contributed by atoms with Crippen molar-refractivity contribution in [2.45, 2.75) is 70.4 Å². The van der Waals surface area contributed by atoms with Gasteiger partial charge in [-0.1, -0.05) is 20.8 Å². The second-order valence-corrected chi connectivity index (χ2v) is 11.7. The van der Waals surface area contributed by atoms with Crippen LogP contribution in [0.2, 0.25) is 18.1 Å². The molecule has 0 amide bonds. The molecule has 0 saturated heterocycles. The van der Waals surface area contributed by atoms with Gasteiger partial charge >= 0.3 is 5.97 Å². The molecule has 3 atom stereocenters. The van der Waals surface area contributed by atoms with Gasteiger partial charge in [-0.2, -0.15) is 0 Å². The number of carboxylic acids is 1. The number of carbonyl (C=O) groups is 1. The molecule has 1 saturated carbocycles. The van der Waals surface area contributed by atoms with Gasteiger partial charge in [-0.25, -0.2) is 0 Å². The van der Waals surface area contributed by atoms with Gasteiger partial charge in [0.25, 0.3) is 0 Å². The van der Waals surface area contributed by atoms with E-state index in [1.807, 2.05) is 0 Å². The third-order valence-corrected chi connectivity index (χ3v) is 8.85. The van der Waals surface area contributed by atoms with Gasteiger partial charge in [0, 0.05) is 6.10 Å². The van der Waals surface area contributed by atoms with Crippen molar-refractivity contribution in [1.82, 2.24) is 0 Å². The molecule has 0 aromatic carbocycles. The van der Waals surface area contributed by atoms with Crippen LogP contribution in [0.1, 0.15) is 40.0 Å². The summed E-state index contributed by atoms with van der Waals surface area (Å²) >= 11 is 0. The molecule has 1 rings (SSSR count). The molecule has 5 heteroatoms. The van der Waals surface area contributed by atoms with Crippen molar-refractivity contribution >= 4 is 14.3 Å². The van der Waals surface area contributed by atoms with E-state index in [2.05, 4.69) is 33.9 Å². The molecular weight excluding hydrogens is 248 g/mol. The summed E-state index contributed by atoms with van der Waals surface area (Å²) in [6.07, 6.45) is 0.768. The fourth-order valence-corrected chi connectivity index (χ4v) is 3.57.